The molecule has 0 aromatic heterocycles. The average Bonchev–Trinajstić information content (AvgIpc) is 2.45. The highest BCUT2D eigenvalue weighted by Crippen LogP contribution is 2.14. The van der Waals surface area contributed by atoms with Crippen LogP contribution in [0.1, 0.15) is 36.0 Å². The van der Waals surface area contributed by atoms with Gasteiger partial charge in [0.25, 0.3) is 5.91 Å². The minimum absolute atomic E-state index is 0.0355. The number of aromatic hydroxyl groups is 1. The Morgan fingerprint density at radius 3 is 3.00 bits per heavy atom. The van der Waals surface area contributed by atoms with Crippen molar-refractivity contribution >= 4 is 5.91 Å². The third-order valence-electron chi connectivity index (χ3n) is 3.67. The van der Waals surface area contributed by atoms with Crippen LogP contribution in [-0.4, -0.2) is 42.1 Å². The smallest absolute Gasteiger partial charge is 0.253 e. The maximum absolute atomic E-state index is 12.2. The van der Waals surface area contributed by atoms with E-state index in [1.165, 1.54) is 25.3 Å². The number of piperidine rings is 1. The Labute approximate surface area is 114 Å². The van der Waals surface area contributed by atoms with Gasteiger partial charge in [-0.25, -0.2) is 0 Å². The minimum atomic E-state index is -0.0355. The molecule has 1 aliphatic heterocycles. The number of phenolic OH excluding ortho intramolecular Hbond substituents is 1. The van der Waals surface area contributed by atoms with Crippen LogP contribution in [0, 0.1) is 0 Å². The molecule has 104 valence electrons. The predicted molar refractivity (Wildman–Crippen MR) is 75.3 cm³/mol. The maximum atomic E-state index is 12.2. The molecule has 0 bridgehead atoms. The fourth-order valence-corrected chi connectivity index (χ4v) is 2.48. The SMILES string of the molecule is CN(CCC1CCCCN1)C(=O)c1cccc(O)c1. The first-order valence-electron chi connectivity index (χ1n) is 6.94. The van der Waals surface area contributed by atoms with Gasteiger partial charge >= 0.3 is 0 Å². The first kappa shape index (κ1) is 13.9. The van der Waals surface area contributed by atoms with E-state index in [0.717, 1.165) is 19.5 Å². The number of carbonyl (C=O) groups excluding carboxylic acids is 1. The van der Waals surface area contributed by atoms with Crippen molar-refractivity contribution in [3.63, 3.8) is 0 Å². The Bertz CT molecular complexity index is 428. The highest BCUT2D eigenvalue weighted by molar-refractivity contribution is 5.94. The van der Waals surface area contributed by atoms with E-state index in [9.17, 15) is 9.90 Å². The van der Waals surface area contributed by atoms with Crippen LogP contribution in [0.3, 0.4) is 0 Å². The van der Waals surface area contributed by atoms with Gasteiger partial charge in [-0.3, -0.25) is 4.79 Å². The number of nitrogens with zero attached hydrogens (tertiary/aromatic N) is 1. The van der Waals surface area contributed by atoms with Crippen molar-refractivity contribution in [3.05, 3.63) is 29.8 Å². The zero-order valence-electron chi connectivity index (χ0n) is 11.4. The van der Waals surface area contributed by atoms with Crippen molar-refractivity contribution in [2.24, 2.45) is 0 Å². The molecule has 0 radical (unpaired) electrons. The molecule has 1 atom stereocenters. The zero-order valence-corrected chi connectivity index (χ0v) is 11.4. The molecule has 4 heteroatoms. The number of phenols is 1. The Balaban J connectivity index is 1.85. The van der Waals surface area contributed by atoms with Gasteiger partial charge in [0.1, 0.15) is 5.75 Å². The van der Waals surface area contributed by atoms with Gasteiger partial charge in [-0.15, -0.1) is 0 Å². The number of amides is 1. The summed E-state index contributed by atoms with van der Waals surface area (Å²) in [7, 11) is 1.81. The number of nitrogens with one attached hydrogen (secondary N) is 1. The lowest BCUT2D eigenvalue weighted by Gasteiger charge is -2.26. The van der Waals surface area contributed by atoms with Gasteiger partial charge in [0, 0.05) is 25.2 Å². The largest absolute Gasteiger partial charge is 0.508 e. The third kappa shape index (κ3) is 3.96. The molecule has 1 unspecified atom stereocenters. The lowest BCUT2D eigenvalue weighted by Crippen LogP contribution is -2.38. The second-order valence-electron chi connectivity index (χ2n) is 5.21. The molecule has 2 N–H and O–H groups in total. The van der Waals surface area contributed by atoms with E-state index in [-0.39, 0.29) is 11.7 Å². The topological polar surface area (TPSA) is 52.6 Å². The summed E-state index contributed by atoms with van der Waals surface area (Å²) in [6.07, 6.45) is 4.73. The monoisotopic (exact) mass is 262 g/mol. The van der Waals surface area contributed by atoms with Gasteiger partial charge in [-0.1, -0.05) is 12.5 Å². The second kappa shape index (κ2) is 6.57. The number of hydrogen-bond donors (Lipinski definition) is 2. The summed E-state index contributed by atoms with van der Waals surface area (Å²) in [6.45, 7) is 1.83. The van der Waals surface area contributed by atoms with E-state index >= 15 is 0 Å². The van der Waals surface area contributed by atoms with E-state index < -0.39 is 0 Å². The number of rotatable bonds is 4. The van der Waals surface area contributed by atoms with Crippen LogP contribution in [0.15, 0.2) is 24.3 Å². The van der Waals surface area contributed by atoms with Gasteiger partial charge in [-0.05, 0) is 44.0 Å². The summed E-state index contributed by atoms with van der Waals surface area (Å²) in [5.74, 6) is 0.0971. The molecule has 1 aliphatic rings. The molecule has 0 saturated carbocycles. The van der Waals surface area contributed by atoms with Crippen molar-refractivity contribution in [1.82, 2.24) is 10.2 Å². The van der Waals surface area contributed by atoms with Gasteiger partial charge in [0.05, 0.1) is 0 Å². The summed E-state index contributed by atoms with van der Waals surface area (Å²) in [5, 5.41) is 12.9. The second-order valence-corrected chi connectivity index (χ2v) is 5.21. The van der Waals surface area contributed by atoms with Gasteiger partial charge in [0.15, 0.2) is 0 Å². The Hall–Kier alpha value is -1.55. The molecule has 1 heterocycles. The van der Waals surface area contributed by atoms with Crippen LogP contribution in [0.25, 0.3) is 0 Å². The summed E-state index contributed by atoms with van der Waals surface area (Å²) < 4.78 is 0. The van der Waals surface area contributed by atoms with Crippen LogP contribution in [0.4, 0.5) is 0 Å². The Morgan fingerprint density at radius 2 is 2.32 bits per heavy atom. The van der Waals surface area contributed by atoms with Crippen LogP contribution < -0.4 is 5.32 Å². The number of carbonyl (C=O) groups is 1. The molecule has 1 amide bonds. The predicted octanol–water partition coefficient (Wildman–Crippen LogP) is 2.00. The van der Waals surface area contributed by atoms with Crippen molar-refractivity contribution in [2.75, 3.05) is 20.1 Å². The Morgan fingerprint density at radius 1 is 1.47 bits per heavy atom. The molecule has 0 spiro atoms. The van der Waals surface area contributed by atoms with E-state index in [0.29, 0.717) is 11.6 Å². The van der Waals surface area contributed by atoms with Crippen molar-refractivity contribution < 1.29 is 9.90 Å². The standard InChI is InChI=1S/C15H22N2O2/c1-17(10-8-13-6-2-3-9-16-13)15(19)12-5-4-7-14(18)11-12/h4-5,7,11,13,16,18H,2-3,6,8-10H2,1H3. The molecule has 1 aromatic carbocycles. The summed E-state index contributed by atoms with van der Waals surface area (Å²) in [4.78, 5) is 13.9. The minimum Gasteiger partial charge on any atom is -0.508 e. The molecule has 2 rings (SSSR count). The summed E-state index contributed by atoms with van der Waals surface area (Å²) >= 11 is 0. The van der Waals surface area contributed by atoms with Gasteiger partial charge in [-0.2, -0.15) is 0 Å². The highest BCUT2D eigenvalue weighted by Gasteiger charge is 2.16. The number of hydrogen-bond acceptors (Lipinski definition) is 3. The van der Waals surface area contributed by atoms with Gasteiger partial charge < -0.3 is 15.3 Å². The van der Waals surface area contributed by atoms with Crippen LogP contribution in [-0.2, 0) is 0 Å². The zero-order chi connectivity index (χ0) is 13.7. The average molecular weight is 262 g/mol. The van der Waals surface area contributed by atoms with Crippen LogP contribution in [0.5, 0.6) is 5.75 Å². The Kier molecular flexibility index (Phi) is 4.80. The van der Waals surface area contributed by atoms with Crippen molar-refractivity contribution in [1.29, 1.82) is 0 Å². The lowest BCUT2D eigenvalue weighted by molar-refractivity contribution is 0.0787. The van der Waals surface area contributed by atoms with E-state index in [1.807, 2.05) is 7.05 Å². The highest BCUT2D eigenvalue weighted by atomic mass is 16.3. The molecule has 0 aliphatic carbocycles. The molecule has 4 nitrogen and oxygen atoms in total. The van der Waals surface area contributed by atoms with Gasteiger partial charge in [0.2, 0.25) is 0 Å². The van der Waals surface area contributed by atoms with Crippen LogP contribution >= 0.6 is 0 Å². The normalized spacial score (nSPS) is 19.1. The molecule has 1 aromatic rings. The van der Waals surface area contributed by atoms with E-state index in [1.54, 1.807) is 23.1 Å². The number of benzene rings is 1. The van der Waals surface area contributed by atoms with Crippen LogP contribution in [0.2, 0.25) is 0 Å². The third-order valence-corrected chi connectivity index (χ3v) is 3.67. The molecule has 1 fully saturated rings. The fraction of sp³-hybridized carbons (Fsp3) is 0.533. The molecule has 19 heavy (non-hydrogen) atoms. The summed E-state index contributed by atoms with van der Waals surface area (Å²) in [5.41, 5.74) is 0.541. The first-order chi connectivity index (χ1) is 9.16. The molecular formula is C15H22N2O2. The molecule has 1 saturated heterocycles. The summed E-state index contributed by atoms with van der Waals surface area (Å²) in [6, 6.07) is 7.05. The fourth-order valence-electron chi connectivity index (χ4n) is 2.48. The quantitative estimate of drug-likeness (QED) is 0.872. The van der Waals surface area contributed by atoms with E-state index in [2.05, 4.69) is 5.32 Å². The lowest BCUT2D eigenvalue weighted by atomic mass is 10.0. The first-order valence-corrected chi connectivity index (χ1v) is 6.94. The van der Waals surface area contributed by atoms with E-state index in [4.69, 9.17) is 0 Å². The van der Waals surface area contributed by atoms with Crippen molar-refractivity contribution in [2.45, 2.75) is 31.7 Å². The molecular weight excluding hydrogens is 240 g/mol. The van der Waals surface area contributed by atoms with Crippen molar-refractivity contribution in [3.8, 4) is 5.75 Å². The maximum Gasteiger partial charge on any atom is 0.253 e.